The van der Waals surface area contributed by atoms with Gasteiger partial charge in [0.1, 0.15) is 10.7 Å². The zero-order chi connectivity index (χ0) is 18.6. The molecule has 1 aliphatic rings. The number of imide groups is 1. The van der Waals surface area contributed by atoms with Crippen LogP contribution in [-0.4, -0.2) is 32.8 Å². The predicted molar refractivity (Wildman–Crippen MR) is 99.9 cm³/mol. The van der Waals surface area contributed by atoms with Gasteiger partial charge in [0, 0.05) is 18.0 Å². The number of nitrogens with zero attached hydrogens (tertiary/aromatic N) is 3. The molecule has 2 aromatic heterocycles. The SMILES string of the molecule is Cc1sc2nc(C)n(CCN3C(=O)c4ccccc4C3=O)c(=O)c2c1C. The highest BCUT2D eigenvalue weighted by Gasteiger charge is 2.34. The standard InChI is InChI=1S/C19H17N3O3S/c1-10-11(2)26-16-15(10)19(25)21(12(3)20-16)8-9-22-17(23)13-6-4-5-7-14(13)18(22)24/h4-7H,8-9H2,1-3H3. The average Bonchev–Trinajstić information content (AvgIpc) is 3.03. The fourth-order valence-corrected chi connectivity index (χ4v) is 4.40. The summed E-state index contributed by atoms with van der Waals surface area (Å²) in [6.07, 6.45) is 0. The van der Waals surface area contributed by atoms with Crippen LogP contribution in [0.1, 0.15) is 37.0 Å². The maximum absolute atomic E-state index is 12.9. The van der Waals surface area contributed by atoms with Gasteiger partial charge in [0.2, 0.25) is 0 Å². The lowest BCUT2D eigenvalue weighted by Gasteiger charge is -2.16. The van der Waals surface area contributed by atoms with Gasteiger partial charge in [-0.15, -0.1) is 11.3 Å². The largest absolute Gasteiger partial charge is 0.294 e. The van der Waals surface area contributed by atoms with Crippen LogP contribution in [0.4, 0.5) is 0 Å². The maximum atomic E-state index is 12.9. The quantitative estimate of drug-likeness (QED) is 0.667. The number of amides is 2. The third-order valence-electron chi connectivity index (χ3n) is 4.91. The van der Waals surface area contributed by atoms with Crippen LogP contribution < -0.4 is 5.56 Å². The lowest BCUT2D eigenvalue weighted by molar-refractivity contribution is 0.0648. The molecule has 3 heterocycles. The minimum Gasteiger partial charge on any atom is -0.294 e. The Hall–Kier alpha value is -2.80. The molecule has 3 aromatic rings. The number of hydrogen-bond acceptors (Lipinski definition) is 5. The van der Waals surface area contributed by atoms with E-state index >= 15 is 0 Å². The number of carbonyl (C=O) groups excluding carboxylic acids is 2. The Morgan fingerprint density at radius 1 is 0.962 bits per heavy atom. The van der Waals surface area contributed by atoms with Gasteiger partial charge in [-0.05, 0) is 38.5 Å². The molecule has 1 aliphatic heterocycles. The van der Waals surface area contributed by atoms with Crippen molar-refractivity contribution in [2.24, 2.45) is 0 Å². The van der Waals surface area contributed by atoms with Gasteiger partial charge in [-0.25, -0.2) is 4.98 Å². The summed E-state index contributed by atoms with van der Waals surface area (Å²) in [4.78, 5) is 45.4. The van der Waals surface area contributed by atoms with Crippen LogP contribution in [0.3, 0.4) is 0 Å². The summed E-state index contributed by atoms with van der Waals surface area (Å²) in [6, 6.07) is 6.78. The van der Waals surface area contributed by atoms with Gasteiger partial charge < -0.3 is 0 Å². The van der Waals surface area contributed by atoms with Gasteiger partial charge in [-0.1, -0.05) is 12.1 Å². The van der Waals surface area contributed by atoms with Crippen molar-refractivity contribution in [3.63, 3.8) is 0 Å². The fourth-order valence-electron chi connectivity index (χ4n) is 3.33. The predicted octanol–water partition coefficient (Wildman–Crippen LogP) is 2.68. The number of fused-ring (bicyclic) bond motifs is 2. The number of thiophene rings is 1. The lowest BCUT2D eigenvalue weighted by Crippen LogP contribution is -2.36. The van der Waals surface area contributed by atoms with Gasteiger partial charge in [0.15, 0.2) is 0 Å². The van der Waals surface area contributed by atoms with Gasteiger partial charge in [-0.3, -0.25) is 23.9 Å². The molecule has 26 heavy (non-hydrogen) atoms. The molecule has 0 saturated carbocycles. The zero-order valence-corrected chi connectivity index (χ0v) is 15.5. The van der Waals surface area contributed by atoms with E-state index in [-0.39, 0.29) is 30.5 Å². The molecule has 0 saturated heterocycles. The fraction of sp³-hybridized carbons (Fsp3) is 0.263. The van der Waals surface area contributed by atoms with Gasteiger partial charge in [0.25, 0.3) is 17.4 Å². The van der Waals surface area contributed by atoms with Gasteiger partial charge in [0.05, 0.1) is 16.5 Å². The van der Waals surface area contributed by atoms with Crippen LogP contribution in [-0.2, 0) is 6.54 Å². The van der Waals surface area contributed by atoms with Crippen LogP contribution >= 0.6 is 11.3 Å². The zero-order valence-electron chi connectivity index (χ0n) is 14.7. The summed E-state index contributed by atoms with van der Waals surface area (Å²) in [7, 11) is 0. The molecular formula is C19H17N3O3S. The number of aryl methyl sites for hydroxylation is 3. The Bertz CT molecular complexity index is 1110. The van der Waals surface area contributed by atoms with E-state index in [9.17, 15) is 14.4 Å². The second-order valence-electron chi connectivity index (χ2n) is 6.39. The monoisotopic (exact) mass is 367 g/mol. The molecule has 4 rings (SSSR count). The van der Waals surface area contributed by atoms with Crippen molar-refractivity contribution in [2.45, 2.75) is 27.3 Å². The van der Waals surface area contributed by atoms with Crippen LogP contribution in [0.2, 0.25) is 0 Å². The molecule has 0 N–H and O–H groups in total. The second-order valence-corrected chi connectivity index (χ2v) is 7.59. The molecule has 6 nitrogen and oxygen atoms in total. The molecule has 0 radical (unpaired) electrons. The Morgan fingerprint density at radius 2 is 1.58 bits per heavy atom. The van der Waals surface area contributed by atoms with Crippen molar-refractivity contribution < 1.29 is 9.59 Å². The molecule has 0 unspecified atom stereocenters. The Balaban J connectivity index is 1.67. The molecule has 1 aromatic carbocycles. The average molecular weight is 367 g/mol. The summed E-state index contributed by atoms with van der Waals surface area (Å²) in [5, 5.41) is 0.625. The molecule has 0 aliphatic carbocycles. The van der Waals surface area contributed by atoms with E-state index in [1.54, 1.807) is 35.8 Å². The topological polar surface area (TPSA) is 72.3 Å². The van der Waals surface area contributed by atoms with E-state index < -0.39 is 0 Å². The van der Waals surface area contributed by atoms with E-state index in [1.165, 1.54) is 16.2 Å². The van der Waals surface area contributed by atoms with Crippen molar-refractivity contribution in [3.05, 3.63) is 62.0 Å². The Labute approximate surface area is 153 Å². The summed E-state index contributed by atoms with van der Waals surface area (Å²) >= 11 is 1.51. The van der Waals surface area contributed by atoms with Crippen molar-refractivity contribution in [3.8, 4) is 0 Å². The first-order valence-electron chi connectivity index (χ1n) is 8.32. The molecular weight excluding hydrogens is 350 g/mol. The van der Waals surface area contributed by atoms with E-state index in [1.807, 2.05) is 13.8 Å². The van der Waals surface area contributed by atoms with Crippen molar-refractivity contribution in [1.82, 2.24) is 14.5 Å². The third kappa shape index (κ3) is 2.31. The molecule has 0 fully saturated rings. The molecule has 2 amide bonds. The molecule has 7 heteroatoms. The molecule has 0 bridgehead atoms. The van der Waals surface area contributed by atoms with E-state index in [2.05, 4.69) is 4.98 Å². The minimum atomic E-state index is -0.312. The van der Waals surface area contributed by atoms with E-state index in [0.29, 0.717) is 22.3 Å². The highest BCUT2D eigenvalue weighted by atomic mass is 32.1. The second kappa shape index (κ2) is 5.88. The first-order chi connectivity index (χ1) is 12.4. The van der Waals surface area contributed by atoms with Crippen LogP contribution in [0.5, 0.6) is 0 Å². The lowest BCUT2D eigenvalue weighted by atomic mass is 10.1. The maximum Gasteiger partial charge on any atom is 0.262 e. The van der Waals surface area contributed by atoms with Crippen molar-refractivity contribution in [1.29, 1.82) is 0 Å². The van der Waals surface area contributed by atoms with Crippen molar-refractivity contribution >= 4 is 33.4 Å². The molecule has 0 spiro atoms. The van der Waals surface area contributed by atoms with E-state index in [0.717, 1.165) is 15.3 Å². The van der Waals surface area contributed by atoms with Crippen LogP contribution in [0, 0.1) is 20.8 Å². The van der Waals surface area contributed by atoms with Crippen molar-refractivity contribution in [2.75, 3.05) is 6.54 Å². The summed E-state index contributed by atoms with van der Waals surface area (Å²) in [5.41, 5.74) is 1.65. The number of hydrogen-bond donors (Lipinski definition) is 0. The highest BCUT2D eigenvalue weighted by molar-refractivity contribution is 7.18. The molecule has 0 atom stereocenters. The number of rotatable bonds is 3. The first kappa shape index (κ1) is 16.7. The summed E-state index contributed by atoms with van der Waals surface area (Å²) < 4.78 is 1.55. The Morgan fingerprint density at radius 3 is 2.19 bits per heavy atom. The summed E-state index contributed by atoms with van der Waals surface area (Å²) in [5.74, 6) is -0.0406. The first-order valence-corrected chi connectivity index (χ1v) is 9.14. The van der Waals surface area contributed by atoms with Crippen LogP contribution in [0.15, 0.2) is 29.1 Å². The Kier molecular flexibility index (Phi) is 3.77. The number of benzene rings is 1. The highest BCUT2D eigenvalue weighted by Crippen LogP contribution is 2.26. The summed E-state index contributed by atoms with van der Waals surface area (Å²) in [6.45, 7) is 6.03. The normalized spacial score (nSPS) is 13.7. The minimum absolute atomic E-state index is 0.119. The van der Waals surface area contributed by atoms with Gasteiger partial charge >= 0.3 is 0 Å². The van der Waals surface area contributed by atoms with E-state index in [4.69, 9.17) is 0 Å². The molecule has 132 valence electrons. The third-order valence-corrected chi connectivity index (χ3v) is 6.01. The number of aromatic nitrogens is 2. The van der Waals surface area contributed by atoms with Gasteiger partial charge in [-0.2, -0.15) is 0 Å². The van der Waals surface area contributed by atoms with Crippen LogP contribution in [0.25, 0.3) is 10.2 Å². The smallest absolute Gasteiger partial charge is 0.262 e. The number of carbonyl (C=O) groups is 2.